The van der Waals surface area contributed by atoms with E-state index >= 15 is 0 Å². The minimum absolute atomic E-state index is 0.0797. The summed E-state index contributed by atoms with van der Waals surface area (Å²) in [6, 6.07) is 11.8. The minimum atomic E-state index is -1.01. The van der Waals surface area contributed by atoms with Crippen molar-refractivity contribution in [3.8, 4) is 0 Å². The molecule has 1 aromatic carbocycles. The number of ether oxygens (including phenoxy) is 1. The number of hydrogen-bond acceptors (Lipinski definition) is 4. The second-order valence-electron chi connectivity index (χ2n) is 9.77. The number of unbranched alkanes of at least 4 members (excludes halogenated alkanes) is 3. The molecule has 1 aromatic rings. The van der Waals surface area contributed by atoms with Crippen molar-refractivity contribution in [2.24, 2.45) is 0 Å². The summed E-state index contributed by atoms with van der Waals surface area (Å²) in [4.78, 5) is 10.8. The van der Waals surface area contributed by atoms with Crippen LogP contribution in [0, 0.1) is 6.92 Å². The standard InChI is InChI=1S/C24H41BO4Si/c1-20-12-14-22(15-13-20)30(18-10-8-7-9-17-27-21(2)26)19-11-16-25-28-23(3,4)24(5,6)29-25/h12-15,30H,7-11,16-19H2,1-6H3. The molecule has 0 bridgehead atoms. The smallest absolute Gasteiger partial charge is 0.457 e. The Kier molecular flexibility index (Phi) is 9.64. The van der Waals surface area contributed by atoms with Crippen LogP contribution in [0.25, 0.3) is 0 Å². The van der Waals surface area contributed by atoms with E-state index < -0.39 is 8.80 Å². The number of carbonyl (C=O) groups excluding carboxylic acids is 1. The Bertz CT molecular complexity index is 644. The average molecular weight is 432 g/mol. The first kappa shape index (κ1) is 25.2. The fourth-order valence-corrected chi connectivity index (χ4v) is 7.19. The lowest BCUT2D eigenvalue weighted by Gasteiger charge is -2.32. The Morgan fingerprint density at radius 2 is 1.50 bits per heavy atom. The summed E-state index contributed by atoms with van der Waals surface area (Å²) >= 11 is 0. The van der Waals surface area contributed by atoms with Gasteiger partial charge in [-0.1, -0.05) is 72.8 Å². The molecule has 0 spiro atoms. The highest BCUT2D eigenvalue weighted by Crippen LogP contribution is 2.38. The maximum absolute atomic E-state index is 10.8. The molecule has 2 rings (SSSR count). The molecule has 1 aliphatic heterocycles. The molecule has 1 saturated heterocycles. The van der Waals surface area contributed by atoms with E-state index in [0.29, 0.717) is 6.61 Å². The van der Waals surface area contributed by atoms with Crippen molar-refractivity contribution in [1.82, 2.24) is 0 Å². The molecule has 1 fully saturated rings. The monoisotopic (exact) mass is 432 g/mol. The molecule has 0 aromatic heterocycles. The molecule has 1 unspecified atom stereocenters. The van der Waals surface area contributed by atoms with Crippen LogP contribution in [0.5, 0.6) is 0 Å². The Balaban J connectivity index is 1.79. The fourth-order valence-electron chi connectivity index (χ4n) is 3.99. The normalized spacial score (nSPS) is 18.4. The van der Waals surface area contributed by atoms with E-state index in [1.54, 1.807) is 5.19 Å². The Morgan fingerprint density at radius 3 is 2.10 bits per heavy atom. The van der Waals surface area contributed by atoms with Crippen LogP contribution in [0.2, 0.25) is 18.4 Å². The van der Waals surface area contributed by atoms with E-state index in [1.165, 1.54) is 37.4 Å². The van der Waals surface area contributed by atoms with Crippen molar-refractivity contribution in [2.45, 2.75) is 103 Å². The van der Waals surface area contributed by atoms with Gasteiger partial charge in [0, 0.05) is 6.92 Å². The molecular formula is C24H41BO4Si. The van der Waals surface area contributed by atoms with Crippen LogP contribution < -0.4 is 5.19 Å². The summed E-state index contributed by atoms with van der Waals surface area (Å²) < 4.78 is 17.4. The molecular weight excluding hydrogens is 391 g/mol. The SMILES string of the molecule is CC(=O)OCCCCCC[SiH](CCCB1OC(C)(C)C(C)(C)O1)c1ccc(C)cc1. The predicted octanol–water partition coefficient (Wildman–Crippen LogP) is 5.03. The molecule has 0 N–H and O–H groups in total. The number of esters is 1. The van der Waals surface area contributed by atoms with E-state index in [0.717, 1.165) is 25.6 Å². The lowest BCUT2D eigenvalue weighted by Crippen LogP contribution is -2.41. The second-order valence-corrected chi connectivity index (χ2v) is 13.0. The van der Waals surface area contributed by atoms with Crippen molar-refractivity contribution in [3.63, 3.8) is 0 Å². The maximum atomic E-state index is 10.8. The van der Waals surface area contributed by atoms with Gasteiger partial charge in [-0.25, -0.2) is 0 Å². The van der Waals surface area contributed by atoms with E-state index in [4.69, 9.17) is 14.0 Å². The van der Waals surface area contributed by atoms with E-state index in [-0.39, 0.29) is 24.3 Å². The number of carbonyl (C=O) groups is 1. The predicted molar refractivity (Wildman–Crippen MR) is 128 cm³/mol. The highest BCUT2D eigenvalue weighted by atomic mass is 28.3. The molecule has 0 radical (unpaired) electrons. The highest BCUT2D eigenvalue weighted by molar-refractivity contribution is 6.73. The second kappa shape index (κ2) is 11.5. The number of hydrogen-bond donors (Lipinski definition) is 0. The third kappa shape index (κ3) is 7.86. The van der Waals surface area contributed by atoms with Crippen molar-refractivity contribution in [3.05, 3.63) is 29.8 Å². The van der Waals surface area contributed by atoms with Crippen molar-refractivity contribution < 1.29 is 18.8 Å². The number of aryl methyl sites for hydroxylation is 1. The van der Waals surface area contributed by atoms with Crippen LogP contribution in [0.1, 0.15) is 72.3 Å². The van der Waals surface area contributed by atoms with Crippen LogP contribution in [0.4, 0.5) is 0 Å². The highest BCUT2D eigenvalue weighted by Gasteiger charge is 2.50. The average Bonchev–Trinajstić information content (AvgIpc) is 2.86. The third-order valence-corrected chi connectivity index (χ3v) is 10.1. The first-order chi connectivity index (χ1) is 14.1. The van der Waals surface area contributed by atoms with Gasteiger partial charge in [0.2, 0.25) is 0 Å². The fraction of sp³-hybridized carbons (Fsp3) is 0.708. The minimum Gasteiger partial charge on any atom is -0.466 e. The summed E-state index contributed by atoms with van der Waals surface area (Å²) in [5.74, 6) is -0.177. The van der Waals surface area contributed by atoms with Crippen molar-refractivity contribution in [1.29, 1.82) is 0 Å². The number of rotatable bonds is 12. The zero-order valence-corrected chi connectivity index (χ0v) is 21.1. The summed E-state index contributed by atoms with van der Waals surface area (Å²) in [5, 5.41) is 1.58. The first-order valence-electron chi connectivity index (χ1n) is 11.7. The van der Waals surface area contributed by atoms with Crippen molar-refractivity contribution >= 4 is 27.1 Å². The molecule has 1 aliphatic rings. The Labute approximate surface area is 185 Å². The van der Waals surface area contributed by atoms with Gasteiger partial charge in [0.15, 0.2) is 0 Å². The van der Waals surface area contributed by atoms with Gasteiger partial charge in [0.25, 0.3) is 0 Å². The van der Waals surface area contributed by atoms with Crippen LogP contribution in [-0.2, 0) is 18.8 Å². The zero-order chi connectivity index (χ0) is 22.2. The topological polar surface area (TPSA) is 44.8 Å². The first-order valence-corrected chi connectivity index (χ1v) is 13.9. The van der Waals surface area contributed by atoms with Gasteiger partial charge in [-0.2, -0.15) is 0 Å². The summed E-state index contributed by atoms with van der Waals surface area (Å²) in [7, 11) is -1.09. The summed E-state index contributed by atoms with van der Waals surface area (Å²) in [6.07, 6.45) is 6.72. The summed E-state index contributed by atoms with van der Waals surface area (Å²) in [5.41, 5.74) is 0.851. The third-order valence-electron chi connectivity index (χ3n) is 6.60. The zero-order valence-electron chi connectivity index (χ0n) is 20.0. The van der Waals surface area contributed by atoms with E-state index in [1.807, 2.05) is 0 Å². The largest absolute Gasteiger partial charge is 0.466 e. The molecule has 0 aliphatic carbocycles. The van der Waals surface area contributed by atoms with E-state index in [9.17, 15) is 4.79 Å². The van der Waals surface area contributed by atoms with Gasteiger partial charge < -0.3 is 14.0 Å². The van der Waals surface area contributed by atoms with Gasteiger partial charge in [-0.05, 0) is 47.4 Å². The Hall–Kier alpha value is -1.11. The van der Waals surface area contributed by atoms with Gasteiger partial charge in [-0.3, -0.25) is 4.79 Å². The van der Waals surface area contributed by atoms with Gasteiger partial charge in [0.1, 0.15) is 0 Å². The van der Waals surface area contributed by atoms with Gasteiger partial charge in [0.05, 0.1) is 26.6 Å². The molecule has 168 valence electrons. The van der Waals surface area contributed by atoms with E-state index in [2.05, 4.69) is 58.9 Å². The molecule has 0 amide bonds. The molecule has 6 heteroatoms. The molecule has 4 nitrogen and oxygen atoms in total. The maximum Gasteiger partial charge on any atom is 0.457 e. The quantitative estimate of drug-likeness (QED) is 0.264. The lowest BCUT2D eigenvalue weighted by molar-refractivity contribution is -0.141. The van der Waals surface area contributed by atoms with Gasteiger partial charge >= 0.3 is 13.1 Å². The van der Waals surface area contributed by atoms with Crippen LogP contribution >= 0.6 is 0 Å². The molecule has 30 heavy (non-hydrogen) atoms. The van der Waals surface area contributed by atoms with Gasteiger partial charge in [-0.15, -0.1) is 0 Å². The molecule has 1 atom stereocenters. The van der Waals surface area contributed by atoms with Crippen LogP contribution in [0.15, 0.2) is 24.3 Å². The Morgan fingerprint density at radius 1 is 0.933 bits per heavy atom. The van der Waals surface area contributed by atoms with Crippen LogP contribution in [0.3, 0.4) is 0 Å². The molecule has 0 saturated carbocycles. The van der Waals surface area contributed by atoms with Crippen LogP contribution in [-0.4, -0.2) is 39.7 Å². The lowest BCUT2D eigenvalue weighted by atomic mass is 9.83. The molecule has 1 heterocycles. The number of benzene rings is 1. The summed E-state index contributed by atoms with van der Waals surface area (Å²) in [6.45, 7) is 12.7. The van der Waals surface area contributed by atoms with Crippen molar-refractivity contribution in [2.75, 3.05) is 6.61 Å².